The van der Waals surface area contributed by atoms with E-state index in [0.717, 1.165) is 44.1 Å². The van der Waals surface area contributed by atoms with Gasteiger partial charge in [-0.05, 0) is 79.0 Å². The number of hydrogen-bond acceptors (Lipinski definition) is 6. The zero-order chi connectivity index (χ0) is 29.9. The van der Waals surface area contributed by atoms with E-state index in [1.54, 1.807) is 24.3 Å². The van der Waals surface area contributed by atoms with Crippen LogP contribution in [0.1, 0.15) is 98.2 Å². The first-order chi connectivity index (χ1) is 20.2. The molecule has 1 aliphatic carbocycles. The van der Waals surface area contributed by atoms with Crippen molar-refractivity contribution in [3.8, 4) is 0 Å². The molecule has 1 fully saturated rings. The molecule has 42 heavy (non-hydrogen) atoms. The average molecular weight is 686 g/mol. The molecular formula is C31H37FIN7O2. The van der Waals surface area contributed by atoms with Crippen molar-refractivity contribution in [3.63, 3.8) is 0 Å². The highest BCUT2D eigenvalue weighted by Crippen LogP contribution is 2.48. The van der Waals surface area contributed by atoms with Gasteiger partial charge < -0.3 is 10.2 Å². The number of nitrogens with zero attached hydrogens (tertiary/aromatic N) is 5. The van der Waals surface area contributed by atoms with Crippen LogP contribution in [-0.2, 0) is 15.8 Å². The third kappa shape index (κ3) is 6.25. The van der Waals surface area contributed by atoms with Crippen LogP contribution in [0, 0.1) is 17.7 Å². The van der Waals surface area contributed by atoms with Crippen LogP contribution in [0.15, 0.2) is 47.5 Å². The molecule has 2 amide bonds. The number of tetrazole rings is 1. The van der Waals surface area contributed by atoms with Gasteiger partial charge in [-0.25, -0.2) is 4.39 Å². The van der Waals surface area contributed by atoms with E-state index in [-0.39, 0.29) is 30.2 Å². The van der Waals surface area contributed by atoms with Gasteiger partial charge in [0, 0.05) is 15.6 Å². The van der Waals surface area contributed by atoms with Crippen molar-refractivity contribution in [3.05, 3.63) is 76.4 Å². The van der Waals surface area contributed by atoms with Gasteiger partial charge in [0.15, 0.2) is 5.82 Å². The van der Waals surface area contributed by atoms with Crippen LogP contribution in [-0.4, -0.2) is 48.7 Å². The molecule has 3 atom stereocenters. The minimum absolute atomic E-state index is 0.106. The molecule has 0 bridgehead atoms. The number of benzene rings is 2. The third-order valence-electron chi connectivity index (χ3n) is 8.31. The van der Waals surface area contributed by atoms with Crippen molar-refractivity contribution in [2.45, 2.75) is 82.0 Å². The van der Waals surface area contributed by atoms with E-state index in [4.69, 9.17) is 4.99 Å². The molecule has 222 valence electrons. The number of amides is 2. The Labute approximate surface area is 259 Å². The van der Waals surface area contributed by atoms with Gasteiger partial charge in [-0.15, -0.1) is 10.2 Å². The molecule has 11 heteroatoms. The topological polar surface area (TPSA) is 116 Å². The van der Waals surface area contributed by atoms with Gasteiger partial charge in [-0.2, -0.15) is 5.21 Å². The monoisotopic (exact) mass is 685 g/mol. The quantitative estimate of drug-likeness (QED) is 0.203. The summed E-state index contributed by atoms with van der Waals surface area (Å²) in [7, 11) is 0. The lowest BCUT2D eigenvalue weighted by molar-refractivity contribution is -0.134. The molecule has 2 N–H and O–H groups in total. The van der Waals surface area contributed by atoms with Crippen LogP contribution in [0.3, 0.4) is 0 Å². The van der Waals surface area contributed by atoms with Crippen molar-refractivity contribution in [1.29, 1.82) is 0 Å². The minimum Gasteiger partial charge on any atom is -0.345 e. The Balaban J connectivity index is 1.49. The van der Waals surface area contributed by atoms with Gasteiger partial charge in [-0.1, -0.05) is 73.5 Å². The number of aromatic nitrogens is 4. The maximum absolute atomic E-state index is 14.4. The van der Waals surface area contributed by atoms with Gasteiger partial charge in [0.2, 0.25) is 0 Å². The van der Waals surface area contributed by atoms with Crippen molar-refractivity contribution in [1.82, 2.24) is 30.8 Å². The first-order valence-electron chi connectivity index (χ1n) is 14.6. The van der Waals surface area contributed by atoms with E-state index >= 15 is 0 Å². The molecule has 1 aromatic heterocycles. The van der Waals surface area contributed by atoms with Crippen LogP contribution in [0.25, 0.3) is 0 Å². The van der Waals surface area contributed by atoms with Crippen molar-refractivity contribution in [2.75, 3.05) is 0 Å². The van der Waals surface area contributed by atoms with Crippen molar-refractivity contribution < 1.29 is 14.0 Å². The molecule has 0 radical (unpaired) electrons. The van der Waals surface area contributed by atoms with Crippen molar-refractivity contribution in [2.24, 2.45) is 16.8 Å². The second-order valence-corrected chi connectivity index (χ2v) is 12.5. The maximum atomic E-state index is 14.4. The molecule has 2 aliphatic rings. The molecule has 3 aromatic rings. The summed E-state index contributed by atoms with van der Waals surface area (Å²) >= 11 is 2.14. The Morgan fingerprint density at radius 2 is 1.93 bits per heavy atom. The van der Waals surface area contributed by atoms with Gasteiger partial charge in [0.1, 0.15) is 17.2 Å². The molecular weight excluding hydrogens is 648 g/mol. The van der Waals surface area contributed by atoms with E-state index in [0.29, 0.717) is 44.5 Å². The number of carbonyl (C=O) groups is 2. The molecule has 9 nitrogen and oxygen atoms in total. The Hall–Kier alpha value is -3.22. The summed E-state index contributed by atoms with van der Waals surface area (Å²) in [6.07, 6.45) is 5.37. The first kappa shape index (κ1) is 30.2. The number of rotatable bonds is 10. The number of aliphatic imine (C=N–C) groups is 1. The first-order valence-corrected chi connectivity index (χ1v) is 16.2. The van der Waals surface area contributed by atoms with E-state index in [1.807, 2.05) is 17.0 Å². The van der Waals surface area contributed by atoms with Crippen LogP contribution >= 0.6 is 22.6 Å². The van der Waals surface area contributed by atoms with Crippen LogP contribution in [0.4, 0.5) is 4.39 Å². The molecule has 1 spiro atoms. The van der Waals surface area contributed by atoms with E-state index in [2.05, 4.69) is 69.3 Å². The van der Waals surface area contributed by atoms with Gasteiger partial charge in [0.05, 0.1) is 12.6 Å². The van der Waals surface area contributed by atoms with E-state index in [9.17, 15) is 14.0 Å². The van der Waals surface area contributed by atoms with Crippen LogP contribution < -0.4 is 5.32 Å². The fourth-order valence-electron chi connectivity index (χ4n) is 6.62. The van der Waals surface area contributed by atoms with Gasteiger partial charge in [-0.3, -0.25) is 14.6 Å². The Morgan fingerprint density at radius 1 is 1.19 bits per heavy atom. The van der Waals surface area contributed by atoms with Gasteiger partial charge >= 0.3 is 0 Å². The summed E-state index contributed by atoms with van der Waals surface area (Å²) in [6, 6.07) is 12.2. The summed E-state index contributed by atoms with van der Waals surface area (Å²) in [5.41, 5.74) is 2.47. The second-order valence-electron chi connectivity index (χ2n) is 11.7. The molecule has 5 rings (SSSR count). The molecule has 1 aliphatic heterocycles. The Morgan fingerprint density at radius 3 is 2.57 bits per heavy atom. The second kappa shape index (κ2) is 13.0. The summed E-state index contributed by atoms with van der Waals surface area (Å²) in [6.45, 7) is 6.79. The fraction of sp³-hybridized carbons (Fsp3) is 0.484. The van der Waals surface area contributed by atoms with Crippen LogP contribution in [0.2, 0.25) is 0 Å². The standard InChI is InChI=1S/C31H37FIN7O2/c1-4-5-6-26(21-7-9-22(10-8-21)29(41)34-18-27-36-38-39-37-27)40-30(42)28(23-11-12-25(32)24(14-23)17-33)35-31(40)15-19(2)13-20(3)16-31/h7-12,14,19-20,26H,4-6,13,15-18H2,1-3H3,(H,34,41)(H,36,37,38,39)/t19?,20?,26-,31?/m1/s1. The predicted octanol–water partition coefficient (Wildman–Crippen LogP) is 5.92. The van der Waals surface area contributed by atoms with Crippen molar-refractivity contribution >= 4 is 40.1 Å². The zero-order valence-corrected chi connectivity index (χ0v) is 26.4. The molecule has 2 unspecified atom stereocenters. The molecule has 1 saturated carbocycles. The lowest BCUT2D eigenvalue weighted by Crippen LogP contribution is -2.52. The number of nitrogens with one attached hydrogen (secondary N) is 2. The minimum atomic E-state index is -0.665. The third-order valence-corrected chi connectivity index (χ3v) is 9.13. The van der Waals surface area contributed by atoms with Crippen LogP contribution in [0.5, 0.6) is 0 Å². The lowest BCUT2D eigenvalue weighted by Gasteiger charge is -2.47. The summed E-state index contributed by atoms with van der Waals surface area (Å²) in [5, 5.41) is 16.4. The zero-order valence-electron chi connectivity index (χ0n) is 24.2. The maximum Gasteiger partial charge on any atom is 0.275 e. The Kier molecular flexibility index (Phi) is 9.34. The predicted molar refractivity (Wildman–Crippen MR) is 166 cm³/mol. The summed E-state index contributed by atoms with van der Waals surface area (Å²) in [4.78, 5) is 34.5. The smallest absolute Gasteiger partial charge is 0.275 e. The largest absolute Gasteiger partial charge is 0.345 e. The highest BCUT2D eigenvalue weighted by molar-refractivity contribution is 14.1. The number of aromatic amines is 1. The number of unbranched alkanes of at least 4 members (excludes halogenated alkanes) is 1. The number of carbonyl (C=O) groups excluding carboxylic acids is 2. The number of hydrogen-bond donors (Lipinski definition) is 2. The fourth-order valence-corrected chi connectivity index (χ4v) is 7.20. The van der Waals surface area contributed by atoms with E-state index < -0.39 is 5.66 Å². The molecule has 2 aromatic carbocycles. The highest BCUT2D eigenvalue weighted by Gasteiger charge is 2.53. The molecule has 0 saturated heterocycles. The highest BCUT2D eigenvalue weighted by atomic mass is 127. The number of alkyl halides is 1. The Bertz CT molecular complexity index is 1430. The van der Waals surface area contributed by atoms with E-state index in [1.165, 1.54) is 6.07 Å². The number of H-pyrrole nitrogens is 1. The number of halogens is 2. The molecule has 2 heterocycles. The average Bonchev–Trinajstić information content (AvgIpc) is 3.59. The normalized spacial score (nSPS) is 22.8. The van der Waals surface area contributed by atoms with Gasteiger partial charge in [0.25, 0.3) is 11.8 Å². The SMILES string of the molecule is CCCC[C@H](c1ccc(C(=O)NCc2nn[nH]n2)cc1)N1C(=O)C(c2ccc(F)c(CI)c2)=NC12CC(C)CC(C)C2. The lowest BCUT2D eigenvalue weighted by atomic mass is 9.75. The summed E-state index contributed by atoms with van der Waals surface area (Å²) < 4.78 is 14.9. The summed E-state index contributed by atoms with van der Waals surface area (Å²) in [5.74, 6) is 0.590.